The molecule has 0 heterocycles. The topological polar surface area (TPSA) is 15.3 Å². The monoisotopic (exact) mass is 200 g/mol. The van der Waals surface area contributed by atoms with Gasteiger partial charge in [0.2, 0.25) is 0 Å². The fourth-order valence-corrected chi connectivity index (χ4v) is 1.57. The molecule has 1 N–H and O–H groups in total. The Hall–Kier alpha value is -0.0800. The first-order valence-corrected chi connectivity index (χ1v) is 6.00. The van der Waals surface area contributed by atoms with Crippen LogP contribution in [-0.4, -0.2) is 36.6 Å². The molecule has 0 bridgehead atoms. The maximum Gasteiger partial charge on any atom is 0.0192 e. The van der Waals surface area contributed by atoms with Gasteiger partial charge in [-0.2, -0.15) is 0 Å². The van der Waals surface area contributed by atoms with E-state index in [1.165, 1.54) is 0 Å². The van der Waals surface area contributed by atoms with Crippen LogP contribution in [0.4, 0.5) is 0 Å². The van der Waals surface area contributed by atoms with Gasteiger partial charge < -0.3 is 5.32 Å². The van der Waals surface area contributed by atoms with E-state index in [2.05, 4.69) is 51.8 Å². The molecule has 2 heteroatoms. The Bertz CT molecular complexity index is 130. The standard InChI is InChI=1S/C12H28N2/c1-7-14(8-2)11(5)9-13-12(6)10(3)4/h10-13H,7-9H2,1-6H3. The van der Waals surface area contributed by atoms with Gasteiger partial charge in [0.25, 0.3) is 0 Å². The van der Waals surface area contributed by atoms with Gasteiger partial charge in [0.05, 0.1) is 0 Å². The molecule has 2 atom stereocenters. The highest BCUT2D eigenvalue weighted by atomic mass is 15.2. The SMILES string of the molecule is CCN(CC)C(C)CNC(C)C(C)C. The van der Waals surface area contributed by atoms with Gasteiger partial charge in [-0.1, -0.05) is 27.7 Å². The van der Waals surface area contributed by atoms with E-state index in [1.54, 1.807) is 0 Å². The third-order valence-electron chi connectivity index (χ3n) is 3.17. The van der Waals surface area contributed by atoms with Crippen molar-refractivity contribution in [3.8, 4) is 0 Å². The van der Waals surface area contributed by atoms with E-state index < -0.39 is 0 Å². The van der Waals surface area contributed by atoms with E-state index in [0.29, 0.717) is 12.1 Å². The minimum atomic E-state index is 0.619. The van der Waals surface area contributed by atoms with Crippen molar-refractivity contribution in [2.45, 2.75) is 53.6 Å². The zero-order valence-electron chi connectivity index (χ0n) is 10.8. The van der Waals surface area contributed by atoms with E-state index in [0.717, 1.165) is 25.6 Å². The summed E-state index contributed by atoms with van der Waals surface area (Å²) in [7, 11) is 0. The third-order valence-corrected chi connectivity index (χ3v) is 3.17. The van der Waals surface area contributed by atoms with Crippen molar-refractivity contribution in [1.29, 1.82) is 0 Å². The van der Waals surface area contributed by atoms with E-state index in [1.807, 2.05) is 0 Å². The van der Waals surface area contributed by atoms with Gasteiger partial charge in [-0.3, -0.25) is 4.90 Å². The minimum absolute atomic E-state index is 0.619. The van der Waals surface area contributed by atoms with Gasteiger partial charge in [0, 0.05) is 18.6 Å². The maximum absolute atomic E-state index is 3.59. The molecule has 0 amide bonds. The number of hydrogen-bond donors (Lipinski definition) is 1. The summed E-state index contributed by atoms with van der Waals surface area (Å²) in [6.45, 7) is 16.9. The lowest BCUT2D eigenvalue weighted by molar-refractivity contribution is 0.217. The summed E-state index contributed by atoms with van der Waals surface area (Å²) in [5, 5.41) is 3.59. The first-order valence-electron chi connectivity index (χ1n) is 6.00. The lowest BCUT2D eigenvalue weighted by atomic mass is 10.1. The number of nitrogens with zero attached hydrogens (tertiary/aromatic N) is 1. The molecule has 14 heavy (non-hydrogen) atoms. The number of hydrogen-bond acceptors (Lipinski definition) is 2. The first-order chi connectivity index (χ1) is 6.52. The Kier molecular flexibility index (Phi) is 7.20. The zero-order chi connectivity index (χ0) is 11.1. The Morgan fingerprint density at radius 3 is 1.86 bits per heavy atom. The number of rotatable bonds is 7. The molecule has 86 valence electrons. The second-order valence-electron chi connectivity index (χ2n) is 4.51. The second-order valence-corrected chi connectivity index (χ2v) is 4.51. The van der Waals surface area contributed by atoms with Crippen LogP contribution >= 0.6 is 0 Å². The molecule has 2 nitrogen and oxygen atoms in total. The van der Waals surface area contributed by atoms with Crippen molar-refractivity contribution < 1.29 is 0 Å². The fraction of sp³-hybridized carbons (Fsp3) is 1.00. The first kappa shape index (κ1) is 13.9. The Labute approximate surface area is 90.1 Å². The molecule has 0 spiro atoms. The Morgan fingerprint density at radius 2 is 1.50 bits per heavy atom. The highest BCUT2D eigenvalue weighted by molar-refractivity contribution is 4.71. The molecule has 0 aromatic heterocycles. The molecule has 0 aliphatic heterocycles. The quantitative estimate of drug-likeness (QED) is 0.678. The molecule has 0 saturated heterocycles. The highest BCUT2D eigenvalue weighted by Crippen LogP contribution is 2.02. The summed E-state index contributed by atoms with van der Waals surface area (Å²) in [5.74, 6) is 0.721. The zero-order valence-corrected chi connectivity index (χ0v) is 10.8. The van der Waals surface area contributed by atoms with Crippen LogP contribution in [0.5, 0.6) is 0 Å². The lowest BCUT2D eigenvalue weighted by Gasteiger charge is -2.28. The molecular formula is C12H28N2. The molecular weight excluding hydrogens is 172 g/mol. The minimum Gasteiger partial charge on any atom is -0.312 e. The summed E-state index contributed by atoms with van der Waals surface area (Å²) in [6, 6.07) is 1.26. The largest absolute Gasteiger partial charge is 0.312 e. The van der Waals surface area contributed by atoms with Crippen molar-refractivity contribution in [1.82, 2.24) is 10.2 Å². The van der Waals surface area contributed by atoms with Crippen LogP contribution < -0.4 is 5.32 Å². The average Bonchev–Trinajstić information content (AvgIpc) is 2.15. The molecule has 0 rings (SSSR count). The van der Waals surface area contributed by atoms with Crippen molar-refractivity contribution in [3.05, 3.63) is 0 Å². The van der Waals surface area contributed by atoms with E-state index in [4.69, 9.17) is 0 Å². The predicted molar refractivity (Wildman–Crippen MR) is 64.7 cm³/mol. The smallest absolute Gasteiger partial charge is 0.0192 e. The van der Waals surface area contributed by atoms with E-state index in [9.17, 15) is 0 Å². The third kappa shape index (κ3) is 4.97. The molecule has 0 aromatic carbocycles. The van der Waals surface area contributed by atoms with Crippen molar-refractivity contribution in [3.63, 3.8) is 0 Å². The maximum atomic E-state index is 3.59. The highest BCUT2D eigenvalue weighted by Gasteiger charge is 2.12. The molecule has 0 aliphatic carbocycles. The second kappa shape index (κ2) is 7.24. The van der Waals surface area contributed by atoms with Gasteiger partial charge in [-0.25, -0.2) is 0 Å². The molecule has 0 saturated carbocycles. The van der Waals surface area contributed by atoms with Crippen molar-refractivity contribution in [2.24, 2.45) is 5.92 Å². The van der Waals surface area contributed by atoms with Gasteiger partial charge in [-0.15, -0.1) is 0 Å². The molecule has 0 aliphatic rings. The Morgan fingerprint density at radius 1 is 1.00 bits per heavy atom. The van der Waals surface area contributed by atoms with Crippen LogP contribution in [0.15, 0.2) is 0 Å². The predicted octanol–water partition coefficient (Wildman–Crippen LogP) is 2.35. The van der Waals surface area contributed by atoms with Crippen molar-refractivity contribution >= 4 is 0 Å². The molecule has 2 unspecified atom stereocenters. The van der Waals surface area contributed by atoms with Gasteiger partial charge >= 0.3 is 0 Å². The van der Waals surface area contributed by atoms with Crippen LogP contribution in [0.1, 0.15) is 41.5 Å². The van der Waals surface area contributed by atoms with Gasteiger partial charge in [0.15, 0.2) is 0 Å². The summed E-state index contributed by atoms with van der Waals surface area (Å²) >= 11 is 0. The van der Waals surface area contributed by atoms with Crippen LogP contribution in [0.2, 0.25) is 0 Å². The fourth-order valence-electron chi connectivity index (χ4n) is 1.57. The van der Waals surface area contributed by atoms with Crippen LogP contribution in [-0.2, 0) is 0 Å². The van der Waals surface area contributed by atoms with Gasteiger partial charge in [-0.05, 0) is 32.9 Å². The normalized spacial score (nSPS) is 16.3. The number of nitrogens with one attached hydrogen (secondary N) is 1. The lowest BCUT2D eigenvalue weighted by Crippen LogP contribution is -2.43. The Balaban J connectivity index is 3.77. The van der Waals surface area contributed by atoms with Crippen LogP contribution in [0.25, 0.3) is 0 Å². The van der Waals surface area contributed by atoms with E-state index >= 15 is 0 Å². The number of likely N-dealkylation sites (N-methyl/N-ethyl adjacent to an activating group) is 1. The van der Waals surface area contributed by atoms with E-state index in [-0.39, 0.29) is 0 Å². The van der Waals surface area contributed by atoms with Gasteiger partial charge in [0.1, 0.15) is 0 Å². The summed E-state index contributed by atoms with van der Waals surface area (Å²) in [5.41, 5.74) is 0. The average molecular weight is 200 g/mol. The van der Waals surface area contributed by atoms with Crippen molar-refractivity contribution in [2.75, 3.05) is 19.6 Å². The summed E-state index contributed by atoms with van der Waals surface area (Å²) < 4.78 is 0. The summed E-state index contributed by atoms with van der Waals surface area (Å²) in [6.07, 6.45) is 0. The van der Waals surface area contributed by atoms with Crippen LogP contribution in [0.3, 0.4) is 0 Å². The molecule has 0 fully saturated rings. The van der Waals surface area contributed by atoms with Crippen LogP contribution in [0, 0.1) is 5.92 Å². The molecule has 0 aromatic rings. The molecule has 0 radical (unpaired) electrons. The summed E-state index contributed by atoms with van der Waals surface area (Å²) in [4.78, 5) is 2.49.